The van der Waals surface area contributed by atoms with Gasteiger partial charge in [0.2, 0.25) is 5.91 Å². The Bertz CT molecular complexity index is 550. The summed E-state index contributed by atoms with van der Waals surface area (Å²) in [5, 5.41) is 2.72. The zero-order valence-corrected chi connectivity index (χ0v) is 13.4. The largest absolute Gasteiger partial charge is 0.466 e. The SMILES string of the molecule is CCOC(=O)C1CCCN(CC(=O)NCc2ccccc2F)C1. The average Bonchev–Trinajstić information content (AvgIpc) is 2.54. The van der Waals surface area contributed by atoms with E-state index in [0.717, 1.165) is 19.4 Å². The Balaban J connectivity index is 1.78. The van der Waals surface area contributed by atoms with Crippen LogP contribution in [0.3, 0.4) is 0 Å². The molecule has 0 aromatic heterocycles. The van der Waals surface area contributed by atoms with E-state index in [0.29, 0.717) is 18.7 Å². The molecule has 1 aliphatic heterocycles. The van der Waals surface area contributed by atoms with Crippen LogP contribution in [0.4, 0.5) is 4.39 Å². The molecule has 1 aromatic rings. The van der Waals surface area contributed by atoms with E-state index in [4.69, 9.17) is 4.74 Å². The minimum absolute atomic E-state index is 0.164. The van der Waals surface area contributed by atoms with Gasteiger partial charge in [-0.1, -0.05) is 18.2 Å². The zero-order valence-electron chi connectivity index (χ0n) is 13.4. The molecular weight excluding hydrogens is 299 g/mol. The van der Waals surface area contributed by atoms with E-state index in [1.165, 1.54) is 6.07 Å². The summed E-state index contributed by atoms with van der Waals surface area (Å²) >= 11 is 0. The van der Waals surface area contributed by atoms with Gasteiger partial charge in [0.25, 0.3) is 0 Å². The predicted molar refractivity (Wildman–Crippen MR) is 84.0 cm³/mol. The number of piperidine rings is 1. The molecule has 1 atom stereocenters. The number of halogens is 1. The van der Waals surface area contributed by atoms with Gasteiger partial charge in [-0.05, 0) is 32.4 Å². The van der Waals surface area contributed by atoms with Crippen LogP contribution in [-0.2, 0) is 20.9 Å². The third-order valence-corrected chi connectivity index (χ3v) is 3.93. The molecule has 6 heteroatoms. The maximum absolute atomic E-state index is 13.5. The van der Waals surface area contributed by atoms with Crippen LogP contribution in [0.1, 0.15) is 25.3 Å². The molecule has 0 spiro atoms. The molecule has 1 heterocycles. The normalized spacial score (nSPS) is 18.4. The number of carbonyl (C=O) groups is 2. The smallest absolute Gasteiger partial charge is 0.310 e. The van der Waals surface area contributed by atoms with Crippen LogP contribution < -0.4 is 5.32 Å². The Morgan fingerprint density at radius 3 is 2.91 bits per heavy atom. The van der Waals surface area contributed by atoms with Crippen LogP contribution in [0, 0.1) is 11.7 Å². The Labute approximate surface area is 135 Å². The van der Waals surface area contributed by atoms with Gasteiger partial charge < -0.3 is 10.1 Å². The molecule has 2 rings (SSSR count). The monoisotopic (exact) mass is 322 g/mol. The first-order valence-electron chi connectivity index (χ1n) is 7.99. The van der Waals surface area contributed by atoms with Gasteiger partial charge in [-0.2, -0.15) is 0 Å². The van der Waals surface area contributed by atoms with Gasteiger partial charge in [-0.15, -0.1) is 0 Å². The maximum Gasteiger partial charge on any atom is 0.310 e. The van der Waals surface area contributed by atoms with Crippen LogP contribution in [0.2, 0.25) is 0 Å². The number of ether oxygens (including phenoxy) is 1. The lowest BCUT2D eigenvalue weighted by atomic mass is 9.98. The van der Waals surface area contributed by atoms with E-state index in [-0.39, 0.29) is 36.7 Å². The molecule has 0 saturated carbocycles. The van der Waals surface area contributed by atoms with Crippen molar-refractivity contribution in [3.8, 4) is 0 Å². The molecule has 0 radical (unpaired) electrons. The fourth-order valence-corrected chi connectivity index (χ4v) is 2.75. The fourth-order valence-electron chi connectivity index (χ4n) is 2.75. The lowest BCUT2D eigenvalue weighted by molar-refractivity contribution is -0.150. The number of benzene rings is 1. The number of likely N-dealkylation sites (tertiary alicyclic amines) is 1. The van der Waals surface area contributed by atoms with Gasteiger partial charge in [0.1, 0.15) is 5.82 Å². The molecule has 1 saturated heterocycles. The lowest BCUT2D eigenvalue weighted by Gasteiger charge is -2.30. The molecule has 0 bridgehead atoms. The third-order valence-electron chi connectivity index (χ3n) is 3.93. The second-order valence-electron chi connectivity index (χ2n) is 5.69. The van der Waals surface area contributed by atoms with Crippen molar-refractivity contribution in [1.82, 2.24) is 10.2 Å². The number of esters is 1. The van der Waals surface area contributed by atoms with Gasteiger partial charge in [0, 0.05) is 18.7 Å². The summed E-state index contributed by atoms with van der Waals surface area (Å²) in [5.74, 6) is -0.849. The molecule has 5 nitrogen and oxygen atoms in total. The van der Waals surface area contributed by atoms with Crippen molar-refractivity contribution in [1.29, 1.82) is 0 Å². The Morgan fingerprint density at radius 2 is 2.17 bits per heavy atom. The number of nitrogens with one attached hydrogen (secondary N) is 1. The van der Waals surface area contributed by atoms with Crippen molar-refractivity contribution in [2.45, 2.75) is 26.3 Å². The molecule has 1 amide bonds. The second-order valence-corrected chi connectivity index (χ2v) is 5.69. The average molecular weight is 322 g/mol. The quantitative estimate of drug-likeness (QED) is 0.810. The summed E-state index contributed by atoms with van der Waals surface area (Å²) < 4.78 is 18.5. The van der Waals surface area contributed by atoms with Crippen molar-refractivity contribution in [3.63, 3.8) is 0 Å². The molecule has 0 aliphatic carbocycles. The van der Waals surface area contributed by atoms with E-state index >= 15 is 0 Å². The van der Waals surface area contributed by atoms with Crippen LogP contribution in [0.5, 0.6) is 0 Å². The second kappa shape index (κ2) is 8.62. The molecule has 1 fully saturated rings. The molecule has 1 unspecified atom stereocenters. The Hall–Kier alpha value is -1.95. The summed E-state index contributed by atoms with van der Waals surface area (Å²) in [6.45, 7) is 3.85. The summed E-state index contributed by atoms with van der Waals surface area (Å²) in [7, 11) is 0. The van der Waals surface area contributed by atoms with E-state index in [2.05, 4.69) is 5.32 Å². The van der Waals surface area contributed by atoms with Gasteiger partial charge >= 0.3 is 5.97 Å². The van der Waals surface area contributed by atoms with Crippen molar-refractivity contribution in [2.75, 3.05) is 26.2 Å². The summed E-state index contributed by atoms with van der Waals surface area (Å²) in [6.07, 6.45) is 1.66. The van der Waals surface area contributed by atoms with Crippen molar-refractivity contribution in [3.05, 3.63) is 35.6 Å². The van der Waals surface area contributed by atoms with Crippen LogP contribution in [0.25, 0.3) is 0 Å². The van der Waals surface area contributed by atoms with Crippen LogP contribution in [-0.4, -0.2) is 43.0 Å². The van der Waals surface area contributed by atoms with Gasteiger partial charge in [-0.3, -0.25) is 14.5 Å². The summed E-state index contributed by atoms with van der Waals surface area (Å²) in [4.78, 5) is 25.7. The van der Waals surface area contributed by atoms with Crippen LogP contribution >= 0.6 is 0 Å². The number of hydrogen-bond donors (Lipinski definition) is 1. The molecule has 1 aliphatic rings. The molecule has 1 aromatic carbocycles. The van der Waals surface area contributed by atoms with Crippen molar-refractivity contribution >= 4 is 11.9 Å². The van der Waals surface area contributed by atoms with E-state index in [9.17, 15) is 14.0 Å². The first kappa shape index (κ1) is 17.4. The van der Waals surface area contributed by atoms with E-state index in [1.54, 1.807) is 25.1 Å². The maximum atomic E-state index is 13.5. The molecular formula is C17H23FN2O3. The number of hydrogen-bond acceptors (Lipinski definition) is 4. The highest BCUT2D eigenvalue weighted by Crippen LogP contribution is 2.17. The molecule has 126 valence electrons. The number of rotatable bonds is 6. The number of amides is 1. The van der Waals surface area contributed by atoms with Crippen molar-refractivity contribution < 1.29 is 18.7 Å². The Kier molecular flexibility index (Phi) is 6.52. The minimum Gasteiger partial charge on any atom is -0.466 e. The standard InChI is InChI=1S/C17H23FN2O3/c1-2-23-17(22)14-7-5-9-20(11-14)12-16(21)19-10-13-6-3-4-8-15(13)18/h3-4,6,8,14H,2,5,7,9-12H2,1H3,(H,19,21). The van der Waals surface area contributed by atoms with E-state index < -0.39 is 0 Å². The first-order chi connectivity index (χ1) is 11.1. The Morgan fingerprint density at radius 1 is 1.39 bits per heavy atom. The number of nitrogens with zero attached hydrogens (tertiary/aromatic N) is 1. The molecule has 1 N–H and O–H groups in total. The minimum atomic E-state index is -0.326. The van der Waals surface area contributed by atoms with Gasteiger partial charge in [0.15, 0.2) is 0 Å². The summed E-state index contributed by atoms with van der Waals surface area (Å²) in [6, 6.07) is 6.37. The third kappa shape index (κ3) is 5.32. The highest BCUT2D eigenvalue weighted by Gasteiger charge is 2.27. The van der Waals surface area contributed by atoms with Gasteiger partial charge in [-0.25, -0.2) is 4.39 Å². The first-order valence-corrected chi connectivity index (χ1v) is 7.99. The van der Waals surface area contributed by atoms with Crippen molar-refractivity contribution in [2.24, 2.45) is 5.92 Å². The lowest BCUT2D eigenvalue weighted by Crippen LogP contribution is -2.44. The fraction of sp³-hybridized carbons (Fsp3) is 0.529. The number of carbonyl (C=O) groups excluding carboxylic acids is 2. The van der Waals surface area contributed by atoms with Gasteiger partial charge in [0.05, 0.1) is 19.1 Å². The highest BCUT2D eigenvalue weighted by atomic mass is 19.1. The van der Waals surface area contributed by atoms with E-state index in [1.807, 2.05) is 4.90 Å². The molecule has 23 heavy (non-hydrogen) atoms. The predicted octanol–water partition coefficient (Wildman–Crippen LogP) is 1.72. The summed E-state index contributed by atoms with van der Waals surface area (Å²) in [5.41, 5.74) is 0.462. The highest BCUT2D eigenvalue weighted by molar-refractivity contribution is 5.78. The van der Waals surface area contributed by atoms with Crippen LogP contribution in [0.15, 0.2) is 24.3 Å². The zero-order chi connectivity index (χ0) is 16.7. The topological polar surface area (TPSA) is 58.6 Å².